The van der Waals surface area contributed by atoms with E-state index in [2.05, 4.69) is 15.0 Å². The fourth-order valence-electron chi connectivity index (χ4n) is 3.10. The number of hydrogen-bond donors (Lipinski definition) is 0. The Morgan fingerprint density at radius 1 is 1.26 bits per heavy atom. The molecule has 3 heterocycles. The van der Waals surface area contributed by atoms with Crippen molar-refractivity contribution in [3.8, 4) is 0 Å². The largest absolute Gasteiger partial charge is 0.345 e. The summed E-state index contributed by atoms with van der Waals surface area (Å²) < 4.78 is 17.1. The van der Waals surface area contributed by atoms with E-state index in [9.17, 15) is 9.18 Å². The molecule has 23 heavy (non-hydrogen) atoms. The van der Waals surface area contributed by atoms with Gasteiger partial charge in [-0.05, 0) is 24.8 Å². The molecule has 2 aliphatic rings. The summed E-state index contributed by atoms with van der Waals surface area (Å²) in [6, 6.07) is 1.71. The molecule has 1 aliphatic heterocycles. The number of aromatic nitrogens is 4. The molecule has 0 spiro atoms. The van der Waals surface area contributed by atoms with Crippen molar-refractivity contribution in [2.75, 3.05) is 13.1 Å². The zero-order valence-corrected chi connectivity index (χ0v) is 13.0. The van der Waals surface area contributed by atoms with E-state index in [0.29, 0.717) is 24.6 Å². The van der Waals surface area contributed by atoms with Gasteiger partial charge in [0, 0.05) is 50.9 Å². The number of hydrogen-bond acceptors (Lipinski definition) is 4. The lowest BCUT2D eigenvalue weighted by molar-refractivity contribution is 0.265. The minimum atomic E-state index is -0.277. The maximum atomic E-state index is 13.7. The second-order valence-electron chi connectivity index (χ2n) is 6.47. The number of halogens is 1. The van der Waals surface area contributed by atoms with Crippen molar-refractivity contribution < 1.29 is 4.39 Å². The molecule has 1 saturated carbocycles. The van der Waals surface area contributed by atoms with Crippen LogP contribution >= 0.6 is 0 Å². The summed E-state index contributed by atoms with van der Waals surface area (Å²) in [5.41, 5.74) is 0.648. The van der Waals surface area contributed by atoms with Crippen molar-refractivity contribution in [1.82, 2.24) is 24.2 Å². The first kappa shape index (κ1) is 14.6. The summed E-state index contributed by atoms with van der Waals surface area (Å²) in [5, 5.41) is 4.51. The molecule has 4 rings (SSSR count). The summed E-state index contributed by atoms with van der Waals surface area (Å²) in [7, 11) is 0. The highest BCUT2D eigenvalue weighted by Crippen LogP contribution is 2.29. The normalized spacial score (nSPS) is 18.7. The zero-order valence-electron chi connectivity index (χ0n) is 13.0. The summed E-state index contributed by atoms with van der Waals surface area (Å²) in [6.07, 6.45) is 5.99. The van der Waals surface area contributed by atoms with Crippen LogP contribution in [0.5, 0.6) is 0 Å². The molecule has 2 aromatic rings. The van der Waals surface area contributed by atoms with Crippen LogP contribution in [0.3, 0.4) is 0 Å². The van der Waals surface area contributed by atoms with E-state index in [-0.39, 0.29) is 11.5 Å². The van der Waals surface area contributed by atoms with Gasteiger partial charge < -0.3 is 0 Å². The van der Waals surface area contributed by atoms with E-state index in [4.69, 9.17) is 0 Å². The van der Waals surface area contributed by atoms with Crippen LogP contribution in [0, 0.1) is 11.7 Å². The van der Waals surface area contributed by atoms with Crippen molar-refractivity contribution in [1.29, 1.82) is 0 Å². The molecule has 0 radical (unpaired) electrons. The lowest BCUT2D eigenvalue weighted by Crippen LogP contribution is -2.31. The second kappa shape index (κ2) is 5.88. The van der Waals surface area contributed by atoms with Gasteiger partial charge in [0.15, 0.2) is 0 Å². The van der Waals surface area contributed by atoms with Gasteiger partial charge in [-0.1, -0.05) is 0 Å². The predicted octanol–water partition coefficient (Wildman–Crippen LogP) is 1.05. The highest BCUT2D eigenvalue weighted by molar-refractivity contribution is 5.12. The first-order valence-electron chi connectivity index (χ1n) is 8.18. The molecule has 1 fully saturated rings. The molecule has 0 bridgehead atoms. The molecular weight excluding hydrogens is 297 g/mol. The summed E-state index contributed by atoms with van der Waals surface area (Å²) >= 11 is 0. The standard InChI is InChI=1S/C16H20FN5O/c17-14-9-18-5-3-13(14)11-20-6-4-15-19-22(10-12-1-2-12)16(23)21(15)8-7-20/h3,5,9,12H,1-2,4,6-8,10-11H2. The highest BCUT2D eigenvalue weighted by Gasteiger charge is 2.26. The summed E-state index contributed by atoms with van der Waals surface area (Å²) in [5.74, 6) is 1.22. The third-order valence-electron chi connectivity index (χ3n) is 4.67. The lowest BCUT2D eigenvalue weighted by atomic mass is 10.2. The SMILES string of the molecule is O=c1n(CC2CC2)nc2n1CCN(Cc1ccncc1F)CC2. The van der Waals surface area contributed by atoms with Gasteiger partial charge in [0.25, 0.3) is 0 Å². The van der Waals surface area contributed by atoms with Crippen LogP contribution in [0.15, 0.2) is 23.3 Å². The first-order valence-corrected chi connectivity index (χ1v) is 8.18. The van der Waals surface area contributed by atoms with Gasteiger partial charge in [0.05, 0.1) is 6.20 Å². The topological polar surface area (TPSA) is 56.0 Å². The van der Waals surface area contributed by atoms with E-state index in [1.54, 1.807) is 21.5 Å². The van der Waals surface area contributed by atoms with Crippen molar-refractivity contribution >= 4 is 0 Å². The van der Waals surface area contributed by atoms with Gasteiger partial charge in [0.1, 0.15) is 11.6 Å². The van der Waals surface area contributed by atoms with Gasteiger partial charge in [-0.15, -0.1) is 0 Å². The van der Waals surface area contributed by atoms with E-state index in [1.165, 1.54) is 19.0 Å². The van der Waals surface area contributed by atoms with E-state index in [0.717, 1.165) is 31.9 Å². The van der Waals surface area contributed by atoms with E-state index in [1.807, 2.05) is 0 Å². The minimum Gasteiger partial charge on any atom is -0.297 e. The molecular formula is C16H20FN5O. The predicted molar refractivity (Wildman–Crippen MR) is 82.4 cm³/mol. The van der Waals surface area contributed by atoms with Gasteiger partial charge in [-0.2, -0.15) is 5.10 Å². The molecule has 0 unspecified atom stereocenters. The third kappa shape index (κ3) is 3.06. The Labute approximate surface area is 133 Å². The van der Waals surface area contributed by atoms with E-state index < -0.39 is 0 Å². The van der Waals surface area contributed by atoms with Crippen molar-refractivity contribution in [2.45, 2.75) is 38.9 Å². The van der Waals surface area contributed by atoms with Crippen LogP contribution in [0.2, 0.25) is 0 Å². The summed E-state index contributed by atoms with van der Waals surface area (Å²) in [6.45, 7) is 3.41. The number of rotatable bonds is 4. The molecule has 0 amide bonds. The van der Waals surface area contributed by atoms with Crippen LogP contribution in [-0.2, 0) is 26.1 Å². The van der Waals surface area contributed by atoms with Gasteiger partial charge in [-0.3, -0.25) is 14.5 Å². The monoisotopic (exact) mass is 317 g/mol. The number of nitrogens with zero attached hydrogens (tertiary/aromatic N) is 5. The molecule has 6 nitrogen and oxygen atoms in total. The first-order chi connectivity index (χ1) is 11.2. The Kier molecular flexibility index (Phi) is 3.72. The van der Waals surface area contributed by atoms with Crippen molar-refractivity contribution in [2.24, 2.45) is 5.92 Å². The Bertz CT molecular complexity index is 764. The number of pyridine rings is 1. The Morgan fingerprint density at radius 3 is 2.91 bits per heavy atom. The van der Waals surface area contributed by atoms with Crippen molar-refractivity contribution in [3.63, 3.8) is 0 Å². The maximum absolute atomic E-state index is 13.7. The van der Waals surface area contributed by atoms with Crippen LogP contribution in [0.25, 0.3) is 0 Å². The second-order valence-corrected chi connectivity index (χ2v) is 6.47. The Balaban J connectivity index is 1.46. The summed E-state index contributed by atoms with van der Waals surface area (Å²) in [4.78, 5) is 18.4. The fraction of sp³-hybridized carbons (Fsp3) is 0.562. The smallest absolute Gasteiger partial charge is 0.297 e. The highest BCUT2D eigenvalue weighted by atomic mass is 19.1. The quantitative estimate of drug-likeness (QED) is 0.846. The van der Waals surface area contributed by atoms with E-state index >= 15 is 0 Å². The van der Waals surface area contributed by atoms with Crippen LogP contribution in [0.4, 0.5) is 4.39 Å². The Morgan fingerprint density at radius 2 is 2.13 bits per heavy atom. The Hall–Kier alpha value is -2.02. The molecule has 122 valence electrons. The molecule has 0 saturated heterocycles. The van der Waals surface area contributed by atoms with Crippen LogP contribution < -0.4 is 5.69 Å². The van der Waals surface area contributed by atoms with Crippen LogP contribution in [0.1, 0.15) is 24.2 Å². The van der Waals surface area contributed by atoms with Gasteiger partial charge >= 0.3 is 5.69 Å². The van der Waals surface area contributed by atoms with Gasteiger partial charge in [-0.25, -0.2) is 13.9 Å². The third-order valence-corrected chi connectivity index (χ3v) is 4.67. The molecule has 1 aliphatic carbocycles. The van der Waals surface area contributed by atoms with Crippen LogP contribution in [-0.4, -0.2) is 37.3 Å². The minimum absolute atomic E-state index is 0.00356. The fourth-order valence-corrected chi connectivity index (χ4v) is 3.10. The lowest BCUT2D eigenvalue weighted by Gasteiger charge is -2.19. The average molecular weight is 317 g/mol. The molecule has 0 atom stereocenters. The molecule has 7 heteroatoms. The maximum Gasteiger partial charge on any atom is 0.345 e. The molecule has 0 N–H and O–H groups in total. The zero-order chi connectivity index (χ0) is 15.8. The molecule has 2 aromatic heterocycles. The van der Waals surface area contributed by atoms with Gasteiger partial charge in [0.2, 0.25) is 0 Å². The average Bonchev–Trinajstić information content (AvgIpc) is 3.33. The molecule has 0 aromatic carbocycles. The van der Waals surface area contributed by atoms with Crippen molar-refractivity contribution in [3.05, 3.63) is 46.1 Å². The number of fused-ring (bicyclic) bond motifs is 1.